The molecule has 2 aromatic carbocycles. The van der Waals surface area contributed by atoms with Gasteiger partial charge in [0.2, 0.25) is 0 Å². The van der Waals surface area contributed by atoms with Gasteiger partial charge in [-0.05, 0) is 67.6 Å². The Morgan fingerprint density at radius 3 is 2.86 bits per heavy atom. The molecule has 1 aliphatic rings. The molecule has 0 spiro atoms. The van der Waals surface area contributed by atoms with Crippen LogP contribution in [-0.4, -0.2) is 36.6 Å². The zero-order valence-corrected chi connectivity index (χ0v) is 16.5. The van der Waals surface area contributed by atoms with Gasteiger partial charge in [-0.15, -0.1) is 0 Å². The monoisotopic (exact) mass is 377 g/mol. The smallest absolute Gasteiger partial charge is 0.312 e. The van der Waals surface area contributed by atoms with E-state index in [1.54, 1.807) is 12.0 Å². The molecule has 4 rings (SSSR count). The number of aromatic amines is 1. The summed E-state index contributed by atoms with van der Waals surface area (Å²) in [5.41, 5.74) is 5.85. The first-order valence-electron chi connectivity index (χ1n) is 9.69. The zero-order valence-electron chi connectivity index (χ0n) is 16.5. The Bertz CT molecular complexity index is 1010. The summed E-state index contributed by atoms with van der Waals surface area (Å²) in [6.45, 7) is 5.26. The van der Waals surface area contributed by atoms with E-state index < -0.39 is 0 Å². The number of ether oxygens (including phenoxy) is 2. The van der Waals surface area contributed by atoms with Gasteiger partial charge in [0.15, 0.2) is 11.5 Å². The third kappa shape index (κ3) is 3.21. The van der Waals surface area contributed by atoms with Crippen molar-refractivity contribution in [1.82, 2.24) is 9.88 Å². The first-order valence-corrected chi connectivity index (χ1v) is 9.69. The largest absolute Gasteiger partial charge is 0.493 e. The molecule has 1 radical (unpaired) electrons. The van der Waals surface area contributed by atoms with Crippen molar-refractivity contribution in [3.63, 3.8) is 0 Å². The number of carbonyl (C=O) groups excluding carboxylic acids is 1. The first-order chi connectivity index (χ1) is 13.6. The van der Waals surface area contributed by atoms with Crippen molar-refractivity contribution in [2.75, 3.05) is 20.3 Å². The number of hydrogen-bond donors (Lipinski definition) is 1. The van der Waals surface area contributed by atoms with Crippen LogP contribution in [0.15, 0.2) is 36.5 Å². The van der Waals surface area contributed by atoms with Crippen LogP contribution in [0, 0.1) is 6.92 Å². The molecule has 0 unspecified atom stereocenters. The topological polar surface area (TPSA) is 54.6 Å². The summed E-state index contributed by atoms with van der Waals surface area (Å²) in [7, 11) is 1.66. The zero-order chi connectivity index (χ0) is 19.7. The van der Waals surface area contributed by atoms with E-state index in [0.29, 0.717) is 13.2 Å². The lowest BCUT2D eigenvalue weighted by atomic mass is 9.88. The summed E-state index contributed by atoms with van der Waals surface area (Å²) >= 11 is 0. The summed E-state index contributed by atoms with van der Waals surface area (Å²) in [6.07, 6.45) is 5.71. The molecule has 0 saturated carbocycles. The second-order valence-corrected chi connectivity index (χ2v) is 7.25. The fraction of sp³-hybridized carbons (Fsp3) is 0.348. The molecule has 1 aromatic heterocycles. The van der Waals surface area contributed by atoms with Gasteiger partial charge >= 0.3 is 6.41 Å². The third-order valence-corrected chi connectivity index (χ3v) is 5.54. The van der Waals surface area contributed by atoms with E-state index in [4.69, 9.17) is 9.47 Å². The molecule has 145 valence electrons. The highest BCUT2D eigenvalue weighted by atomic mass is 16.5. The van der Waals surface area contributed by atoms with Gasteiger partial charge in [0.1, 0.15) is 0 Å². The number of methoxy groups -OCH3 is 1. The maximum atomic E-state index is 11.7. The van der Waals surface area contributed by atoms with Gasteiger partial charge in [-0.25, -0.2) is 0 Å². The molecule has 0 bridgehead atoms. The Morgan fingerprint density at radius 2 is 2.11 bits per heavy atom. The van der Waals surface area contributed by atoms with Crippen LogP contribution in [0.2, 0.25) is 0 Å². The lowest BCUT2D eigenvalue weighted by Gasteiger charge is -2.34. The minimum absolute atomic E-state index is 0.0779. The Balaban J connectivity index is 1.77. The maximum Gasteiger partial charge on any atom is 0.312 e. The van der Waals surface area contributed by atoms with Gasteiger partial charge in [-0.1, -0.05) is 11.6 Å². The van der Waals surface area contributed by atoms with Crippen LogP contribution in [0.1, 0.15) is 35.2 Å². The van der Waals surface area contributed by atoms with Crippen molar-refractivity contribution in [3.05, 3.63) is 58.8 Å². The Labute approximate surface area is 165 Å². The molecule has 28 heavy (non-hydrogen) atoms. The summed E-state index contributed by atoms with van der Waals surface area (Å²) in [4.78, 5) is 16.8. The van der Waals surface area contributed by atoms with Crippen molar-refractivity contribution in [1.29, 1.82) is 0 Å². The SMILES string of the molecule is CCOc1cc2c(cc1OC)CCN([C]=O)[C@@H]2Cc1c[nH]c2ccc(C)cc12. The van der Waals surface area contributed by atoms with Gasteiger partial charge in [-0.2, -0.15) is 0 Å². The molecule has 5 heteroatoms. The maximum absolute atomic E-state index is 11.7. The molecule has 1 aliphatic heterocycles. The average molecular weight is 377 g/mol. The minimum atomic E-state index is -0.0779. The van der Waals surface area contributed by atoms with Crippen LogP contribution < -0.4 is 9.47 Å². The number of H-pyrrole nitrogens is 1. The molecule has 0 aliphatic carbocycles. The quantitative estimate of drug-likeness (QED) is 0.704. The van der Waals surface area contributed by atoms with Gasteiger partial charge in [0.25, 0.3) is 0 Å². The van der Waals surface area contributed by atoms with E-state index in [0.717, 1.165) is 35.4 Å². The molecule has 1 amide bonds. The van der Waals surface area contributed by atoms with E-state index in [-0.39, 0.29) is 6.04 Å². The van der Waals surface area contributed by atoms with Crippen molar-refractivity contribution in [2.24, 2.45) is 0 Å². The van der Waals surface area contributed by atoms with Crippen LogP contribution >= 0.6 is 0 Å². The van der Waals surface area contributed by atoms with Crippen LogP contribution in [-0.2, 0) is 17.6 Å². The number of nitrogens with zero attached hydrogens (tertiary/aromatic N) is 1. The van der Waals surface area contributed by atoms with Crippen molar-refractivity contribution in [3.8, 4) is 11.5 Å². The number of aromatic nitrogens is 1. The molecule has 5 nitrogen and oxygen atoms in total. The van der Waals surface area contributed by atoms with E-state index in [1.165, 1.54) is 22.1 Å². The van der Waals surface area contributed by atoms with E-state index in [1.807, 2.05) is 19.2 Å². The highest BCUT2D eigenvalue weighted by molar-refractivity contribution is 5.84. The third-order valence-electron chi connectivity index (χ3n) is 5.54. The minimum Gasteiger partial charge on any atom is -0.493 e. The lowest BCUT2D eigenvalue weighted by molar-refractivity contribution is 0.274. The molecular formula is C23H25N2O3. The number of aryl methyl sites for hydroxylation is 1. The molecule has 1 N–H and O–H groups in total. The first kappa shape index (κ1) is 18.4. The summed E-state index contributed by atoms with van der Waals surface area (Å²) in [5.74, 6) is 1.46. The van der Waals surface area contributed by atoms with Crippen LogP contribution in [0.5, 0.6) is 11.5 Å². The highest BCUT2D eigenvalue weighted by Gasteiger charge is 2.29. The summed E-state index contributed by atoms with van der Waals surface area (Å²) in [6, 6.07) is 10.4. The second kappa shape index (κ2) is 7.58. The van der Waals surface area contributed by atoms with Crippen molar-refractivity contribution < 1.29 is 14.3 Å². The van der Waals surface area contributed by atoms with Crippen LogP contribution in [0.25, 0.3) is 10.9 Å². The van der Waals surface area contributed by atoms with Crippen LogP contribution in [0.3, 0.4) is 0 Å². The Hall–Kier alpha value is -2.95. The highest BCUT2D eigenvalue weighted by Crippen LogP contribution is 2.39. The number of hydrogen-bond acceptors (Lipinski definition) is 3. The average Bonchev–Trinajstić information content (AvgIpc) is 3.10. The van der Waals surface area contributed by atoms with E-state index in [2.05, 4.69) is 42.6 Å². The summed E-state index contributed by atoms with van der Waals surface area (Å²) < 4.78 is 11.3. The predicted molar refractivity (Wildman–Crippen MR) is 110 cm³/mol. The Morgan fingerprint density at radius 1 is 1.25 bits per heavy atom. The standard InChI is InChI=1S/C23H25N2O3/c1-4-28-23-12-19-16(11-22(23)27-3)7-8-25(14-26)21(19)10-17-13-24-20-6-5-15(2)9-18(17)20/h5-6,9,11-13,21,24H,4,7-8,10H2,1-3H3/t21-/m1/s1. The normalized spacial score (nSPS) is 16.1. The Kier molecular flexibility index (Phi) is 4.99. The molecule has 0 fully saturated rings. The van der Waals surface area contributed by atoms with E-state index in [9.17, 15) is 4.79 Å². The fourth-order valence-electron chi connectivity index (χ4n) is 4.14. The van der Waals surface area contributed by atoms with Gasteiger partial charge < -0.3 is 19.4 Å². The molecule has 3 aromatic rings. The van der Waals surface area contributed by atoms with E-state index >= 15 is 0 Å². The number of rotatable bonds is 6. The number of nitrogens with one attached hydrogen (secondary N) is 1. The van der Waals surface area contributed by atoms with Crippen LogP contribution in [0.4, 0.5) is 0 Å². The predicted octanol–water partition coefficient (Wildman–Crippen LogP) is 4.09. The molecule has 1 atom stereocenters. The molecular weight excluding hydrogens is 352 g/mol. The molecule has 2 heterocycles. The van der Waals surface area contributed by atoms with Gasteiger partial charge in [0.05, 0.1) is 19.8 Å². The lowest BCUT2D eigenvalue weighted by Crippen LogP contribution is -2.35. The summed E-state index contributed by atoms with van der Waals surface area (Å²) in [5, 5.41) is 1.21. The van der Waals surface area contributed by atoms with Gasteiger partial charge in [-0.3, -0.25) is 4.79 Å². The fourth-order valence-corrected chi connectivity index (χ4v) is 4.14. The number of fused-ring (bicyclic) bond motifs is 2. The van der Waals surface area contributed by atoms with Crippen molar-refractivity contribution >= 4 is 17.3 Å². The van der Waals surface area contributed by atoms with Crippen molar-refractivity contribution in [2.45, 2.75) is 32.7 Å². The number of benzene rings is 2. The number of amides is 1. The van der Waals surface area contributed by atoms with Gasteiger partial charge in [0, 0.05) is 23.6 Å². The molecule has 0 saturated heterocycles. The second-order valence-electron chi connectivity index (χ2n) is 7.25.